The van der Waals surface area contributed by atoms with E-state index in [4.69, 9.17) is 23.8 Å². The van der Waals surface area contributed by atoms with Crippen LogP contribution in [0.2, 0.25) is 0 Å². The molecule has 4 rings (SSSR count). The second-order valence-corrected chi connectivity index (χ2v) is 9.41. The van der Waals surface area contributed by atoms with Crippen LogP contribution in [0.5, 0.6) is 5.75 Å². The number of benzene rings is 1. The average molecular weight is 477 g/mol. The molecule has 0 aliphatic carbocycles. The second-order valence-electron chi connectivity index (χ2n) is 9.41. The number of amides is 2. The molecule has 1 aromatic rings. The van der Waals surface area contributed by atoms with E-state index in [1.807, 2.05) is 24.1 Å². The van der Waals surface area contributed by atoms with E-state index in [1.54, 1.807) is 26.8 Å². The molecule has 0 aromatic heterocycles. The summed E-state index contributed by atoms with van der Waals surface area (Å²) in [5, 5.41) is 6.87. The fraction of sp³-hybridized carbons (Fsp3) is 0.609. The van der Waals surface area contributed by atoms with Crippen LogP contribution in [-0.2, 0) is 19.0 Å². The van der Waals surface area contributed by atoms with E-state index in [-0.39, 0.29) is 19.4 Å². The van der Waals surface area contributed by atoms with Gasteiger partial charge in [0.15, 0.2) is 5.84 Å². The van der Waals surface area contributed by atoms with Crippen LogP contribution >= 0.6 is 0 Å². The predicted molar refractivity (Wildman–Crippen MR) is 124 cm³/mol. The highest BCUT2D eigenvalue weighted by atomic mass is 16.8. The number of carbonyl (C=O) groups is 2. The molecule has 11 heteroatoms. The Morgan fingerprint density at radius 1 is 1.29 bits per heavy atom. The summed E-state index contributed by atoms with van der Waals surface area (Å²) in [6.07, 6.45) is 1.08. The molecule has 2 atom stereocenters. The van der Waals surface area contributed by atoms with Gasteiger partial charge in [0.1, 0.15) is 24.1 Å². The van der Waals surface area contributed by atoms with Gasteiger partial charge in [0, 0.05) is 19.5 Å². The molecule has 0 bridgehead atoms. The lowest BCUT2D eigenvalue weighted by atomic mass is 10.2. The van der Waals surface area contributed by atoms with Gasteiger partial charge in [-0.2, -0.15) is 0 Å². The van der Waals surface area contributed by atoms with Crippen LogP contribution in [0.15, 0.2) is 23.4 Å². The van der Waals surface area contributed by atoms with Crippen LogP contribution in [0.3, 0.4) is 0 Å². The monoisotopic (exact) mass is 476 g/mol. The molecule has 186 valence electrons. The fourth-order valence-electron chi connectivity index (χ4n) is 3.79. The van der Waals surface area contributed by atoms with Gasteiger partial charge >= 0.3 is 12.2 Å². The Morgan fingerprint density at radius 2 is 2.12 bits per heavy atom. The lowest BCUT2D eigenvalue weighted by Crippen LogP contribution is -2.38. The number of alkyl carbamates (subject to hydrolysis) is 1. The molecular formula is C23H32N4O7. The predicted octanol–water partition coefficient (Wildman–Crippen LogP) is 3.22. The van der Waals surface area contributed by atoms with E-state index < -0.39 is 23.9 Å². The molecule has 3 aliphatic rings. The molecule has 34 heavy (non-hydrogen) atoms. The molecule has 2 amide bonds. The average Bonchev–Trinajstić information content (AvgIpc) is 3.17. The second kappa shape index (κ2) is 9.96. The molecule has 2 saturated heterocycles. The van der Waals surface area contributed by atoms with E-state index in [9.17, 15) is 9.59 Å². The minimum atomic E-state index is -0.598. The molecule has 1 aromatic carbocycles. The molecule has 3 heterocycles. The molecule has 0 spiro atoms. The lowest BCUT2D eigenvalue weighted by Gasteiger charge is -2.30. The topological polar surface area (TPSA) is 111 Å². The highest BCUT2D eigenvalue weighted by Gasteiger charge is 2.34. The normalized spacial score (nSPS) is 23.8. The van der Waals surface area contributed by atoms with Gasteiger partial charge < -0.3 is 34.0 Å². The summed E-state index contributed by atoms with van der Waals surface area (Å²) < 4.78 is 22.1. The first-order valence-electron chi connectivity index (χ1n) is 11.5. The van der Waals surface area contributed by atoms with Crippen LogP contribution in [0.25, 0.3) is 0 Å². The summed E-state index contributed by atoms with van der Waals surface area (Å²) in [6, 6.07) is 5.46. The zero-order chi connectivity index (χ0) is 24.3. The van der Waals surface area contributed by atoms with Gasteiger partial charge in [0.2, 0.25) is 6.29 Å². The number of oxime groups is 1. The molecule has 0 radical (unpaired) electrons. The van der Waals surface area contributed by atoms with Crippen molar-refractivity contribution in [1.29, 1.82) is 0 Å². The summed E-state index contributed by atoms with van der Waals surface area (Å²) in [5.41, 5.74) is 0.848. The summed E-state index contributed by atoms with van der Waals surface area (Å²) in [7, 11) is 1.88. The van der Waals surface area contributed by atoms with Crippen molar-refractivity contribution in [3.63, 3.8) is 0 Å². The molecule has 1 unspecified atom stereocenters. The van der Waals surface area contributed by atoms with Crippen molar-refractivity contribution < 1.29 is 33.4 Å². The third-order valence-corrected chi connectivity index (χ3v) is 5.52. The summed E-state index contributed by atoms with van der Waals surface area (Å²) >= 11 is 0. The standard InChI is InChI=1S/C23H32N4O7/c1-23(2,3)33-21(28)24-12-16-13-27(22(29)32-16)15-8-9-17-18(11-15)31-14-19(26(17)4)25-34-20-7-5-6-10-30-20/h8-9,11,16,20H,5-7,10,12-14H2,1-4H3,(H,24,28)/t16-,20?/m0/s1. The molecular weight excluding hydrogens is 444 g/mol. The quantitative estimate of drug-likeness (QED) is 0.645. The smallest absolute Gasteiger partial charge is 0.414 e. The van der Waals surface area contributed by atoms with Gasteiger partial charge in [-0.1, -0.05) is 5.16 Å². The van der Waals surface area contributed by atoms with Crippen LogP contribution in [0.1, 0.15) is 40.0 Å². The Hall–Kier alpha value is -3.21. The Labute approximate surface area is 198 Å². The first-order chi connectivity index (χ1) is 16.2. The summed E-state index contributed by atoms with van der Waals surface area (Å²) in [5.74, 6) is 1.25. The lowest BCUT2D eigenvalue weighted by molar-refractivity contribution is -0.162. The fourth-order valence-corrected chi connectivity index (χ4v) is 3.79. The number of carbonyl (C=O) groups excluding carboxylic acids is 2. The molecule has 1 N–H and O–H groups in total. The van der Waals surface area contributed by atoms with Crippen molar-refractivity contribution in [3.05, 3.63) is 18.2 Å². The SMILES string of the molecule is CN1C(=NOC2CCCCO2)COc2cc(N3C[C@H](CNC(=O)OC(C)(C)C)OC3=O)ccc21. The zero-order valence-electron chi connectivity index (χ0n) is 20.0. The number of ether oxygens (including phenoxy) is 4. The van der Waals surface area contributed by atoms with Crippen molar-refractivity contribution in [2.75, 3.05) is 43.2 Å². The van der Waals surface area contributed by atoms with Gasteiger partial charge in [0.05, 0.1) is 31.1 Å². The van der Waals surface area contributed by atoms with Crippen molar-refractivity contribution >= 4 is 29.4 Å². The van der Waals surface area contributed by atoms with E-state index in [0.29, 0.717) is 30.4 Å². The van der Waals surface area contributed by atoms with E-state index >= 15 is 0 Å². The minimum Gasteiger partial charge on any atom is -0.483 e. The summed E-state index contributed by atoms with van der Waals surface area (Å²) in [4.78, 5) is 33.3. The highest BCUT2D eigenvalue weighted by Crippen LogP contribution is 2.36. The van der Waals surface area contributed by atoms with Crippen molar-refractivity contribution in [1.82, 2.24) is 5.32 Å². The van der Waals surface area contributed by atoms with Crippen molar-refractivity contribution in [2.45, 2.75) is 58.0 Å². The van der Waals surface area contributed by atoms with Crippen LogP contribution in [0, 0.1) is 0 Å². The number of rotatable bonds is 5. The van der Waals surface area contributed by atoms with Gasteiger partial charge in [-0.05, 0) is 45.7 Å². The van der Waals surface area contributed by atoms with Crippen LogP contribution in [-0.4, -0.2) is 69.4 Å². The maximum absolute atomic E-state index is 12.4. The Morgan fingerprint density at radius 3 is 2.85 bits per heavy atom. The Kier molecular flexibility index (Phi) is 7.01. The number of anilines is 2. The largest absolute Gasteiger partial charge is 0.483 e. The van der Waals surface area contributed by atoms with Gasteiger partial charge in [-0.3, -0.25) is 4.90 Å². The molecule has 2 fully saturated rings. The van der Waals surface area contributed by atoms with Gasteiger partial charge in [-0.25, -0.2) is 9.59 Å². The molecule has 3 aliphatic heterocycles. The Bertz CT molecular complexity index is 940. The summed E-state index contributed by atoms with van der Waals surface area (Å²) in [6.45, 7) is 6.72. The maximum Gasteiger partial charge on any atom is 0.414 e. The van der Waals surface area contributed by atoms with Crippen LogP contribution in [0.4, 0.5) is 21.0 Å². The Balaban J connectivity index is 1.35. The minimum absolute atomic E-state index is 0.159. The third kappa shape index (κ3) is 5.82. The number of fused-ring (bicyclic) bond motifs is 1. The molecule has 11 nitrogen and oxygen atoms in total. The number of cyclic esters (lactones) is 1. The number of hydrogen-bond donors (Lipinski definition) is 1. The van der Waals surface area contributed by atoms with Crippen molar-refractivity contribution in [3.8, 4) is 5.75 Å². The van der Waals surface area contributed by atoms with E-state index in [0.717, 1.165) is 24.9 Å². The molecule has 0 saturated carbocycles. The number of amidine groups is 1. The number of likely N-dealkylation sites (N-methyl/N-ethyl adjacent to an activating group) is 1. The highest BCUT2D eigenvalue weighted by molar-refractivity contribution is 6.01. The van der Waals surface area contributed by atoms with Gasteiger partial charge in [0.25, 0.3) is 0 Å². The van der Waals surface area contributed by atoms with E-state index in [1.165, 1.54) is 4.90 Å². The first kappa shape index (κ1) is 23.9. The van der Waals surface area contributed by atoms with Gasteiger partial charge in [-0.15, -0.1) is 0 Å². The maximum atomic E-state index is 12.4. The number of hydrogen-bond acceptors (Lipinski definition) is 8. The third-order valence-electron chi connectivity index (χ3n) is 5.52. The number of nitrogens with zero attached hydrogens (tertiary/aromatic N) is 3. The van der Waals surface area contributed by atoms with Crippen molar-refractivity contribution in [2.24, 2.45) is 5.16 Å². The zero-order valence-corrected chi connectivity index (χ0v) is 20.0. The number of nitrogens with one attached hydrogen (secondary N) is 1. The van der Waals surface area contributed by atoms with E-state index in [2.05, 4.69) is 10.5 Å². The van der Waals surface area contributed by atoms with Crippen LogP contribution < -0.4 is 19.9 Å². The first-order valence-corrected chi connectivity index (χ1v) is 11.5.